The van der Waals surface area contributed by atoms with E-state index >= 15 is 0 Å². The van der Waals surface area contributed by atoms with Crippen LogP contribution in [0, 0.1) is 6.92 Å². The molecule has 218 valence electrons. The predicted octanol–water partition coefficient (Wildman–Crippen LogP) is 2.25. The molecule has 0 aliphatic carbocycles. The molecule has 1 saturated heterocycles. The van der Waals surface area contributed by atoms with Crippen molar-refractivity contribution in [3.05, 3.63) is 54.1 Å². The summed E-state index contributed by atoms with van der Waals surface area (Å²) in [7, 11) is -2.88. The summed E-state index contributed by atoms with van der Waals surface area (Å²) in [6, 6.07) is 10.3. The average molecular weight is 594 g/mol. The predicted molar refractivity (Wildman–Crippen MR) is 151 cm³/mol. The molecule has 3 rings (SSSR count). The van der Waals surface area contributed by atoms with Crippen molar-refractivity contribution in [1.82, 2.24) is 10.2 Å². The van der Waals surface area contributed by atoms with E-state index in [9.17, 15) is 27.0 Å². The van der Waals surface area contributed by atoms with Crippen molar-refractivity contribution in [2.75, 3.05) is 36.5 Å². The van der Waals surface area contributed by atoms with Gasteiger partial charge in [0.25, 0.3) is 10.0 Å². The van der Waals surface area contributed by atoms with Crippen molar-refractivity contribution >= 4 is 44.4 Å². The molecule has 1 amide bonds. The second kappa shape index (κ2) is 12.5. The third-order valence-electron chi connectivity index (χ3n) is 6.22. The minimum Gasteiger partial charge on any atom is -0.461 e. The first-order valence-electron chi connectivity index (χ1n) is 12.6. The number of nitrogens with zero attached hydrogens (tertiary/aromatic N) is 2. The summed E-state index contributed by atoms with van der Waals surface area (Å²) >= 11 is 0. The zero-order valence-electron chi connectivity index (χ0n) is 23.4. The molecule has 1 N–H and O–H groups in total. The largest absolute Gasteiger partial charge is 0.461 e. The molecule has 3 atom stereocenters. The molecule has 0 saturated carbocycles. The Labute approximate surface area is 237 Å². The van der Waals surface area contributed by atoms with E-state index in [2.05, 4.69) is 5.32 Å². The monoisotopic (exact) mass is 593 g/mol. The molecule has 0 spiro atoms. The lowest BCUT2D eigenvalue weighted by Gasteiger charge is -2.41. The number of carbonyl (C=O) groups excluding carboxylic acids is 3. The molecule has 2 aromatic carbocycles. The van der Waals surface area contributed by atoms with Crippen LogP contribution in [-0.2, 0) is 35.1 Å². The number of hydrogen-bond acceptors (Lipinski definition) is 9. The van der Waals surface area contributed by atoms with E-state index in [-0.39, 0.29) is 28.6 Å². The SMILES string of the molecule is Cc1ccc(S(=O)(=O)N(c2ccc(OC(=O)N(C)C)cc2)[C@@](C)(C(=O)OC(C)C)C(=O)C2CS(=O)CCN2)cc1. The normalized spacial score (nSPS) is 18.9. The van der Waals surface area contributed by atoms with Gasteiger partial charge in [0, 0.05) is 42.9 Å². The Hall–Kier alpha value is -3.29. The molecular formula is C27H35N3O8S2. The summed E-state index contributed by atoms with van der Waals surface area (Å²) in [5.74, 6) is -1.51. The summed E-state index contributed by atoms with van der Waals surface area (Å²) in [4.78, 5) is 41.0. The minimum absolute atomic E-state index is 0.0429. The molecule has 0 aromatic heterocycles. The number of anilines is 1. The molecule has 1 heterocycles. The third-order valence-corrected chi connectivity index (χ3v) is 9.51. The number of nitrogens with one attached hydrogen (secondary N) is 1. The maximum Gasteiger partial charge on any atom is 0.414 e. The van der Waals surface area contributed by atoms with Gasteiger partial charge in [-0.1, -0.05) is 17.7 Å². The molecule has 0 radical (unpaired) electrons. The molecule has 2 unspecified atom stereocenters. The summed E-state index contributed by atoms with van der Waals surface area (Å²) in [5, 5.41) is 2.98. The third kappa shape index (κ3) is 6.70. The van der Waals surface area contributed by atoms with Gasteiger partial charge in [-0.05, 0) is 64.1 Å². The fourth-order valence-corrected chi connectivity index (χ4v) is 6.98. The average Bonchev–Trinajstić information content (AvgIpc) is 2.88. The van der Waals surface area contributed by atoms with Crippen LogP contribution in [0.4, 0.5) is 10.5 Å². The number of esters is 1. The van der Waals surface area contributed by atoms with Crippen LogP contribution in [0.5, 0.6) is 5.75 Å². The Bertz CT molecular complexity index is 1380. The molecule has 1 aliphatic heterocycles. The number of benzene rings is 2. The highest BCUT2D eigenvalue weighted by Crippen LogP contribution is 2.36. The Morgan fingerprint density at radius 3 is 2.17 bits per heavy atom. The molecule has 1 aliphatic rings. The summed E-state index contributed by atoms with van der Waals surface area (Å²) in [5.41, 5.74) is -1.63. The first-order chi connectivity index (χ1) is 18.7. The van der Waals surface area contributed by atoms with Crippen molar-refractivity contribution in [3.63, 3.8) is 0 Å². The van der Waals surface area contributed by atoms with Gasteiger partial charge >= 0.3 is 12.1 Å². The van der Waals surface area contributed by atoms with Crippen LogP contribution in [0.2, 0.25) is 0 Å². The number of Topliss-reactive ketones (excluding diaryl/α,β-unsaturated/α-hetero) is 1. The standard InChI is InChI=1S/C27H35N3O8S2/c1-18(2)37-25(32)27(4,24(31)23-17-39(34)16-15-28-23)30(40(35,36)22-13-7-19(3)8-14-22)20-9-11-21(12-10-20)38-26(33)29(5)6/h7-14,18,23,28H,15-17H2,1-6H3/t23?,27-,39?/m1/s1. The van der Waals surface area contributed by atoms with Crippen LogP contribution in [0.1, 0.15) is 26.3 Å². The van der Waals surface area contributed by atoms with Gasteiger partial charge < -0.3 is 19.7 Å². The lowest BCUT2D eigenvalue weighted by atomic mass is 9.90. The molecule has 40 heavy (non-hydrogen) atoms. The Kier molecular flexibility index (Phi) is 9.75. The van der Waals surface area contributed by atoms with E-state index in [1.807, 2.05) is 0 Å². The molecule has 2 aromatic rings. The Morgan fingerprint density at radius 2 is 1.65 bits per heavy atom. The van der Waals surface area contributed by atoms with Gasteiger partial charge in [0.1, 0.15) is 5.75 Å². The Morgan fingerprint density at radius 1 is 1.05 bits per heavy atom. The van der Waals surface area contributed by atoms with Gasteiger partial charge in [0.2, 0.25) is 5.54 Å². The smallest absolute Gasteiger partial charge is 0.414 e. The van der Waals surface area contributed by atoms with Crippen molar-refractivity contribution in [2.45, 2.75) is 50.3 Å². The van der Waals surface area contributed by atoms with Crippen LogP contribution in [0.15, 0.2) is 53.4 Å². The molecule has 1 fully saturated rings. The number of aryl methyl sites for hydroxylation is 1. The number of ketones is 1. The second-order valence-corrected chi connectivity index (χ2v) is 13.5. The number of hydrogen-bond donors (Lipinski definition) is 1. The van der Waals surface area contributed by atoms with Crippen molar-refractivity contribution in [1.29, 1.82) is 0 Å². The summed E-state index contributed by atoms with van der Waals surface area (Å²) in [6.07, 6.45) is -1.31. The zero-order chi connectivity index (χ0) is 29.8. The maximum atomic E-state index is 14.3. The molecule has 0 bridgehead atoms. The van der Waals surface area contributed by atoms with Crippen molar-refractivity contribution in [3.8, 4) is 5.75 Å². The summed E-state index contributed by atoms with van der Waals surface area (Å²) < 4.78 is 52.4. The van der Waals surface area contributed by atoms with Crippen LogP contribution >= 0.6 is 0 Å². The lowest BCUT2D eigenvalue weighted by Crippen LogP contribution is -2.67. The number of amides is 1. The fraction of sp³-hybridized carbons (Fsp3) is 0.444. The van der Waals surface area contributed by atoms with Gasteiger partial charge in [0.05, 0.1) is 22.7 Å². The first-order valence-corrected chi connectivity index (χ1v) is 15.6. The maximum absolute atomic E-state index is 14.3. The van der Waals surface area contributed by atoms with Crippen molar-refractivity contribution in [2.24, 2.45) is 0 Å². The minimum atomic E-state index is -4.56. The van der Waals surface area contributed by atoms with Crippen molar-refractivity contribution < 1.29 is 36.5 Å². The molecule has 13 heteroatoms. The van der Waals surface area contributed by atoms with E-state index in [1.54, 1.807) is 32.9 Å². The van der Waals surface area contributed by atoms with Crippen LogP contribution < -0.4 is 14.4 Å². The van der Waals surface area contributed by atoms with Gasteiger partial charge in [-0.15, -0.1) is 0 Å². The first kappa shape index (κ1) is 31.2. The van der Waals surface area contributed by atoms with E-state index in [0.29, 0.717) is 5.75 Å². The van der Waals surface area contributed by atoms with Gasteiger partial charge in [0.15, 0.2) is 5.78 Å². The van der Waals surface area contributed by atoms with Crippen LogP contribution in [0.3, 0.4) is 0 Å². The highest BCUT2D eigenvalue weighted by atomic mass is 32.2. The van der Waals surface area contributed by atoms with Gasteiger partial charge in [-0.25, -0.2) is 22.3 Å². The number of sulfonamides is 1. The molecule has 11 nitrogen and oxygen atoms in total. The van der Waals surface area contributed by atoms with Crippen LogP contribution in [-0.4, -0.2) is 85.2 Å². The Balaban J connectivity index is 2.24. The molecular weight excluding hydrogens is 558 g/mol. The van der Waals surface area contributed by atoms with Gasteiger partial charge in [-0.3, -0.25) is 9.00 Å². The highest BCUT2D eigenvalue weighted by molar-refractivity contribution is 7.93. The lowest BCUT2D eigenvalue weighted by molar-refractivity contribution is -0.156. The quantitative estimate of drug-likeness (QED) is 0.343. The zero-order valence-corrected chi connectivity index (χ0v) is 25.0. The van der Waals surface area contributed by atoms with Gasteiger partial charge in [-0.2, -0.15) is 0 Å². The van der Waals surface area contributed by atoms with E-state index < -0.39 is 56.4 Å². The second-order valence-electron chi connectivity index (χ2n) is 10.0. The number of carbonyl (C=O) groups is 3. The van der Waals surface area contributed by atoms with E-state index in [4.69, 9.17) is 9.47 Å². The summed E-state index contributed by atoms with van der Waals surface area (Å²) in [6.45, 7) is 6.43. The fourth-order valence-electron chi connectivity index (χ4n) is 4.09. The topological polar surface area (TPSA) is 139 Å². The number of ether oxygens (including phenoxy) is 2. The van der Waals surface area contributed by atoms with E-state index in [0.717, 1.165) is 9.87 Å². The van der Waals surface area contributed by atoms with E-state index in [1.165, 1.54) is 62.3 Å². The number of rotatable bonds is 9. The highest BCUT2D eigenvalue weighted by Gasteiger charge is 2.56. The van der Waals surface area contributed by atoms with Crippen LogP contribution in [0.25, 0.3) is 0 Å².